The highest BCUT2D eigenvalue weighted by molar-refractivity contribution is 7.06. The van der Waals surface area contributed by atoms with Crippen LogP contribution in [0.2, 0.25) is 0 Å². The minimum Gasteiger partial charge on any atom is -0.0985 e. The molecule has 0 radical (unpaired) electrons. The largest absolute Gasteiger partial charge is 0.174 e. The molecule has 1 unspecified atom stereocenters. The highest BCUT2D eigenvalue weighted by Crippen LogP contribution is 2.53. The fourth-order valence-corrected chi connectivity index (χ4v) is 10.3. The normalized spacial score (nSPS) is 33.0. The molecule has 0 N–H and O–H groups in total. The van der Waals surface area contributed by atoms with Crippen molar-refractivity contribution < 1.29 is 0 Å². The third-order valence-corrected chi connectivity index (χ3v) is 11.4. The molecule has 23 heavy (non-hydrogen) atoms. The van der Waals surface area contributed by atoms with E-state index in [0.29, 0.717) is 0 Å². The third kappa shape index (κ3) is 2.33. The Bertz CT molecular complexity index is 719. The molecule has 2 rings (SSSR count). The zero-order valence-corrected chi connectivity index (χ0v) is 16.6. The van der Waals surface area contributed by atoms with E-state index in [1.807, 2.05) is 0 Å². The molecular formula is C22H30Si. The van der Waals surface area contributed by atoms with Crippen LogP contribution in [0.5, 0.6) is 0 Å². The summed E-state index contributed by atoms with van der Waals surface area (Å²) in [4.78, 5) is 0. The summed E-state index contributed by atoms with van der Waals surface area (Å²) in [6, 6.07) is 0. The SMILES string of the molecule is C=C1CC(=CC)C(=CC)[Si]2(C1=C)C(=CC)C(=CC)CC(C)=C2C. The molecule has 1 atom stereocenters. The van der Waals surface area contributed by atoms with Crippen LogP contribution in [0.15, 0.2) is 80.5 Å². The van der Waals surface area contributed by atoms with Gasteiger partial charge in [-0.05, 0) is 81.1 Å². The maximum atomic E-state index is 4.58. The maximum absolute atomic E-state index is 4.58. The van der Waals surface area contributed by atoms with Crippen LogP contribution >= 0.6 is 0 Å². The van der Waals surface area contributed by atoms with Gasteiger partial charge in [-0.2, -0.15) is 0 Å². The topological polar surface area (TPSA) is 0 Å². The van der Waals surface area contributed by atoms with Crippen molar-refractivity contribution in [2.75, 3.05) is 0 Å². The molecule has 0 bridgehead atoms. The van der Waals surface area contributed by atoms with Crippen LogP contribution in [-0.4, -0.2) is 8.07 Å². The van der Waals surface area contributed by atoms with E-state index in [0.717, 1.165) is 12.8 Å². The molecule has 0 aromatic heterocycles. The standard InChI is InChI=1S/C22H30Si/c1-9-19-13-15(5)17(7)23(21(19)11-3)18(8)16(6)14-20(10-2)22(23)12-4/h9-12H,5,7,13-14H2,1-4,6,8H3. The molecule has 1 spiro atoms. The second-order valence-electron chi connectivity index (χ2n) is 6.62. The molecule has 0 aromatic rings. The van der Waals surface area contributed by atoms with E-state index in [4.69, 9.17) is 0 Å². The van der Waals surface area contributed by atoms with Crippen molar-refractivity contribution in [3.8, 4) is 0 Å². The minimum absolute atomic E-state index is 0.943. The number of allylic oxidation sites excluding steroid dienone is 12. The molecule has 1 saturated heterocycles. The summed E-state index contributed by atoms with van der Waals surface area (Å²) in [5.74, 6) is 0. The summed E-state index contributed by atoms with van der Waals surface area (Å²) in [5, 5.41) is 5.93. The van der Waals surface area contributed by atoms with Crippen LogP contribution in [-0.2, 0) is 0 Å². The lowest BCUT2D eigenvalue weighted by Gasteiger charge is -2.48. The average Bonchev–Trinajstić information content (AvgIpc) is 2.55. The fraction of sp³-hybridized carbons (Fsp3) is 0.364. The molecule has 1 fully saturated rings. The van der Waals surface area contributed by atoms with Gasteiger partial charge in [0.25, 0.3) is 0 Å². The molecule has 0 nitrogen and oxygen atoms in total. The predicted octanol–water partition coefficient (Wildman–Crippen LogP) is 6.63. The quantitative estimate of drug-likeness (QED) is 0.439. The van der Waals surface area contributed by atoms with Crippen LogP contribution < -0.4 is 0 Å². The lowest BCUT2D eigenvalue weighted by molar-refractivity contribution is 1.06. The summed E-state index contributed by atoms with van der Waals surface area (Å²) < 4.78 is 0. The van der Waals surface area contributed by atoms with Crippen LogP contribution in [0, 0.1) is 0 Å². The first-order valence-electron chi connectivity index (χ1n) is 8.59. The first-order valence-corrected chi connectivity index (χ1v) is 10.6. The number of rotatable bonds is 0. The van der Waals surface area contributed by atoms with Crippen molar-refractivity contribution in [3.05, 3.63) is 80.5 Å². The van der Waals surface area contributed by atoms with E-state index >= 15 is 0 Å². The van der Waals surface area contributed by atoms with Gasteiger partial charge >= 0.3 is 0 Å². The summed E-state index contributed by atoms with van der Waals surface area (Å²) in [7, 11) is -2.16. The Morgan fingerprint density at radius 2 is 1.26 bits per heavy atom. The molecular weight excluding hydrogens is 292 g/mol. The van der Waals surface area contributed by atoms with Crippen molar-refractivity contribution in [1.82, 2.24) is 0 Å². The monoisotopic (exact) mass is 322 g/mol. The first-order chi connectivity index (χ1) is 10.9. The second kappa shape index (κ2) is 6.49. The highest BCUT2D eigenvalue weighted by atomic mass is 28.3. The molecule has 2 aliphatic heterocycles. The van der Waals surface area contributed by atoms with E-state index in [2.05, 4.69) is 79.0 Å². The van der Waals surface area contributed by atoms with Crippen LogP contribution in [0.4, 0.5) is 0 Å². The number of hydrogen-bond donors (Lipinski definition) is 0. The molecule has 0 saturated carbocycles. The second-order valence-corrected chi connectivity index (χ2v) is 10.6. The van der Waals surface area contributed by atoms with Gasteiger partial charge in [-0.1, -0.05) is 53.8 Å². The first kappa shape index (κ1) is 17.7. The smallest absolute Gasteiger partial charge is 0.0985 e. The van der Waals surface area contributed by atoms with E-state index in [9.17, 15) is 0 Å². The van der Waals surface area contributed by atoms with Crippen molar-refractivity contribution >= 4 is 8.07 Å². The summed E-state index contributed by atoms with van der Waals surface area (Å²) in [5.41, 5.74) is 5.66. The van der Waals surface area contributed by atoms with Gasteiger partial charge in [0.05, 0.1) is 0 Å². The van der Waals surface area contributed by atoms with E-state index in [1.165, 1.54) is 37.9 Å². The van der Waals surface area contributed by atoms with Crippen molar-refractivity contribution in [2.45, 2.75) is 54.4 Å². The minimum atomic E-state index is -2.16. The Kier molecular flexibility index (Phi) is 5.00. The Morgan fingerprint density at radius 1 is 0.783 bits per heavy atom. The van der Waals surface area contributed by atoms with Gasteiger partial charge in [0.15, 0.2) is 8.07 Å². The summed E-state index contributed by atoms with van der Waals surface area (Å²) in [6.07, 6.45) is 11.3. The molecule has 0 amide bonds. The summed E-state index contributed by atoms with van der Waals surface area (Å²) in [6.45, 7) is 22.3. The van der Waals surface area contributed by atoms with Crippen molar-refractivity contribution in [1.29, 1.82) is 0 Å². The third-order valence-electron chi connectivity index (χ3n) is 5.72. The molecule has 1 heteroatoms. The van der Waals surface area contributed by atoms with Crippen molar-refractivity contribution in [3.63, 3.8) is 0 Å². The molecule has 0 aromatic carbocycles. The average molecular weight is 323 g/mol. The van der Waals surface area contributed by atoms with E-state index in [1.54, 1.807) is 5.20 Å². The fourth-order valence-electron chi connectivity index (χ4n) is 4.43. The van der Waals surface area contributed by atoms with Gasteiger partial charge in [-0.3, -0.25) is 0 Å². The van der Waals surface area contributed by atoms with E-state index in [-0.39, 0.29) is 0 Å². The highest BCUT2D eigenvalue weighted by Gasteiger charge is 2.51. The molecule has 2 aliphatic rings. The zero-order valence-electron chi connectivity index (χ0n) is 15.6. The lowest BCUT2D eigenvalue weighted by atomic mass is 10.0. The maximum Gasteiger partial charge on any atom is 0.174 e. The van der Waals surface area contributed by atoms with Gasteiger partial charge in [0.1, 0.15) is 0 Å². The zero-order chi connectivity index (χ0) is 17.4. The predicted molar refractivity (Wildman–Crippen MR) is 107 cm³/mol. The van der Waals surface area contributed by atoms with Crippen LogP contribution in [0.3, 0.4) is 0 Å². The molecule has 122 valence electrons. The number of hydrogen-bond acceptors (Lipinski definition) is 0. The van der Waals surface area contributed by atoms with E-state index < -0.39 is 8.07 Å². The summed E-state index contributed by atoms with van der Waals surface area (Å²) >= 11 is 0. The van der Waals surface area contributed by atoms with Crippen molar-refractivity contribution in [2.24, 2.45) is 0 Å². The lowest BCUT2D eigenvalue weighted by Crippen LogP contribution is -2.50. The van der Waals surface area contributed by atoms with Gasteiger partial charge in [0, 0.05) is 0 Å². The van der Waals surface area contributed by atoms with Gasteiger partial charge in [-0.25, -0.2) is 0 Å². The Hall–Kier alpha value is -1.60. The van der Waals surface area contributed by atoms with Crippen LogP contribution in [0.1, 0.15) is 54.4 Å². The van der Waals surface area contributed by atoms with Crippen LogP contribution in [0.25, 0.3) is 0 Å². The Balaban J connectivity index is 2.98. The molecule has 2 heterocycles. The van der Waals surface area contributed by atoms with Gasteiger partial charge < -0.3 is 0 Å². The Labute approximate surface area is 143 Å². The van der Waals surface area contributed by atoms with Gasteiger partial charge in [-0.15, -0.1) is 0 Å². The van der Waals surface area contributed by atoms with Gasteiger partial charge in [0.2, 0.25) is 0 Å². The molecule has 0 aliphatic carbocycles. The Morgan fingerprint density at radius 3 is 1.70 bits per heavy atom.